The number of hydrogen-bond donors (Lipinski definition) is 1. The Kier molecular flexibility index (Phi) is 3.10. The number of ether oxygens (including phenoxy) is 1. The molecule has 0 amide bonds. The molecule has 1 N–H and O–H groups in total. The maximum atomic E-state index is 5.65. The molecule has 16 heavy (non-hydrogen) atoms. The van der Waals surface area contributed by atoms with E-state index < -0.39 is 0 Å². The molecule has 0 spiro atoms. The van der Waals surface area contributed by atoms with E-state index in [0.717, 1.165) is 16.9 Å². The Morgan fingerprint density at radius 3 is 2.81 bits per heavy atom. The SMILES string of the molecule is COc1ccc(-c2n[nH]c(CCl)n2)cc1C. The highest BCUT2D eigenvalue weighted by Gasteiger charge is 2.07. The third-order valence-corrected chi connectivity index (χ3v) is 2.56. The molecule has 0 radical (unpaired) electrons. The first-order valence-electron chi connectivity index (χ1n) is 4.87. The van der Waals surface area contributed by atoms with E-state index in [4.69, 9.17) is 16.3 Å². The van der Waals surface area contributed by atoms with Gasteiger partial charge < -0.3 is 4.74 Å². The van der Waals surface area contributed by atoms with Crippen molar-refractivity contribution >= 4 is 11.6 Å². The molecular weight excluding hydrogens is 226 g/mol. The van der Waals surface area contributed by atoms with Crippen molar-refractivity contribution in [3.63, 3.8) is 0 Å². The summed E-state index contributed by atoms with van der Waals surface area (Å²) in [4.78, 5) is 4.26. The van der Waals surface area contributed by atoms with Crippen LogP contribution < -0.4 is 4.74 Å². The number of rotatable bonds is 3. The molecule has 0 atom stereocenters. The smallest absolute Gasteiger partial charge is 0.181 e. The zero-order valence-electron chi connectivity index (χ0n) is 9.12. The topological polar surface area (TPSA) is 50.8 Å². The second-order valence-electron chi connectivity index (χ2n) is 3.42. The third-order valence-electron chi connectivity index (χ3n) is 2.31. The van der Waals surface area contributed by atoms with Crippen LogP contribution >= 0.6 is 11.6 Å². The van der Waals surface area contributed by atoms with Crippen LogP contribution in [-0.2, 0) is 5.88 Å². The summed E-state index contributed by atoms with van der Waals surface area (Å²) >= 11 is 5.65. The van der Waals surface area contributed by atoms with E-state index in [1.54, 1.807) is 7.11 Å². The van der Waals surface area contributed by atoms with E-state index in [1.165, 1.54) is 0 Å². The van der Waals surface area contributed by atoms with Gasteiger partial charge in [0.15, 0.2) is 5.82 Å². The van der Waals surface area contributed by atoms with Crippen molar-refractivity contribution < 1.29 is 4.74 Å². The van der Waals surface area contributed by atoms with Crippen LogP contribution in [0.5, 0.6) is 5.75 Å². The lowest BCUT2D eigenvalue weighted by molar-refractivity contribution is 0.412. The standard InChI is InChI=1S/C11H12ClN3O/c1-7-5-8(3-4-9(7)16-2)11-13-10(6-12)14-15-11/h3-5H,6H2,1-2H3,(H,13,14,15). The summed E-state index contributed by atoms with van der Waals surface area (Å²) in [6.07, 6.45) is 0. The van der Waals surface area contributed by atoms with Crippen LogP contribution in [0.25, 0.3) is 11.4 Å². The Morgan fingerprint density at radius 2 is 2.25 bits per heavy atom. The molecule has 0 saturated heterocycles. The van der Waals surface area contributed by atoms with Gasteiger partial charge in [0.05, 0.1) is 13.0 Å². The van der Waals surface area contributed by atoms with Crippen molar-refractivity contribution in [3.05, 3.63) is 29.6 Å². The minimum Gasteiger partial charge on any atom is -0.496 e. The minimum atomic E-state index is 0.335. The number of halogens is 1. The fraction of sp³-hybridized carbons (Fsp3) is 0.273. The molecule has 0 bridgehead atoms. The molecule has 0 unspecified atom stereocenters. The quantitative estimate of drug-likeness (QED) is 0.835. The highest BCUT2D eigenvalue weighted by Crippen LogP contribution is 2.23. The van der Waals surface area contributed by atoms with Gasteiger partial charge in [0.2, 0.25) is 0 Å². The number of hydrogen-bond acceptors (Lipinski definition) is 3. The molecule has 0 aliphatic heterocycles. The predicted molar refractivity (Wildman–Crippen MR) is 62.7 cm³/mol. The van der Waals surface area contributed by atoms with Crippen LogP contribution in [0.3, 0.4) is 0 Å². The van der Waals surface area contributed by atoms with Gasteiger partial charge in [-0.2, -0.15) is 5.10 Å². The Morgan fingerprint density at radius 1 is 1.44 bits per heavy atom. The number of nitrogens with zero attached hydrogens (tertiary/aromatic N) is 2. The van der Waals surface area contributed by atoms with Gasteiger partial charge in [-0.3, -0.25) is 5.10 Å². The van der Waals surface area contributed by atoms with Gasteiger partial charge in [-0.05, 0) is 30.7 Å². The van der Waals surface area contributed by atoms with Crippen LogP contribution in [0.4, 0.5) is 0 Å². The summed E-state index contributed by atoms with van der Waals surface area (Å²) in [5.41, 5.74) is 2.00. The second-order valence-corrected chi connectivity index (χ2v) is 3.69. The number of methoxy groups -OCH3 is 1. The summed E-state index contributed by atoms with van der Waals surface area (Å²) in [7, 11) is 1.65. The van der Waals surface area contributed by atoms with Crippen LogP contribution in [-0.4, -0.2) is 22.3 Å². The van der Waals surface area contributed by atoms with Gasteiger partial charge in [-0.1, -0.05) is 0 Å². The molecule has 5 heteroatoms. The van der Waals surface area contributed by atoms with E-state index in [9.17, 15) is 0 Å². The van der Waals surface area contributed by atoms with Crippen molar-refractivity contribution in [1.29, 1.82) is 0 Å². The van der Waals surface area contributed by atoms with E-state index in [1.807, 2.05) is 25.1 Å². The van der Waals surface area contributed by atoms with Gasteiger partial charge in [0.25, 0.3) is 0 Å². The van der Waals surface area contributed by atoms with Gasteiger partial charge in [0, 0.05) is 5.56 Å². The molecular formula is C11H12ClN3O. The molecule has 2 aromatic rings. The van der Waals surface area contributed by atoms with E-state index in [2.05, 4.69) is 15.2 Å². The van der Waals surface area contributed by atoms with E-state index >= 15 is 0 Å². The first-order chi connectivity index (χ1) is 7.74. The molecule has 4 nitrogen and oxygen atoms in total. The van der Waals surface area contributed by atoms with Crippen LogP contribution in [0.1, 0.15) is 11.4 Å². The maximum absolute atomic E-state index is 5.65. The molecule has 84 valence electrons. The highest BCUT2D eigenvalue weighted by atomic mass is 35.5. The van der Waals surface area contributed by atoms with Crippen molar-refractivity contribution in [2.45, 2.75) is 12.8 Å². The number of aromatic nitrogens is 3. The lowest BCUT2D eigenvalue weighted by Gasteiger charge is -2.04. The monoisotopic (exact) mass is 237 g/mol. The third kappa shape index (κ3) is 2.02. The van der Waals surface area contributed by atoms with Crippen molar-refractivity contribution in [2.24, 2.45) is 0 Å². The number of benzene rings is 1. The lowest BCUT2D eigenvalue weighted by atomic mass is 10.1. The minimum absolute atomic E-state index is 0.335. The Labute approximate surface area is 98.6 Å². The van der Waals surface area contributed by atoms with Crippen molar-refractivity contribution in [1.82, 2.24) is 15.2 Å². The summed E-state index contributed by atoms with van der Waals surface area (Å²) in [5.74, 6) is 2.52. The summed E-state index contributed by atoms with van der Waals surface area (Å²) in [5, 5.41) is 6.87. The molecule has 1 heterocycles. The van der Waals surface area contributed by atoms with E-state index in [0.29, 0.717) is 17.5 Å². The number of aryl methyl sites for hydroxylation is 1. The highest BCUT2D eigenvalue weighted by molar-refractivity contribution is 6.16. The zero-order valence-corrected chi connectivity index (χ0v) is 9.88. The van der Waals surface area contributed by atoms with Crippen LogP contribution in [0.15, 0.2) is 18.2 Å². The average Bonchev–Trinajstić information content (AvgIpc) is 2.77. The zero-order chi connectivity index (χ0) is 11.5. The molecule has 1 aromatic carbocycles. The van der Waals surface area contributed by atoms with Gasteiger partial charge in [0.1, 0.15) is 11.6 Å². The number of alkyl halides is 1. The molecule has 1 aromatic heterocycles. The van der Waals surface area contributed by atoms with Crippen LogP contribution in [0.2, 0.25) is 0 Å². The average molecular weight is 238 g/mol. The maximum Gasteiger partial charge on any atom is 0.181 e. The Hall–Kier alpha value is -1.55. The Balaban J connectivity index is 2.37. The molecule has 0 aliphatic carbocycles. The summed E-state index contributed by atoms with van der Waals surface area (Å²) in [6, 6.07) is 5.81. The number of nitrogens with one attached hydrogen (secondary N) is 1. The van der Waals surface area contributed by atoms with Gasteiger partial charge in [-0.15, -0.1) is 11.6 Å². The predicted octanol–water partition coefficient (Wildman–Crippen LogP) is 2.53. The van der Waals surface area contributed by atoms with Crippen molar-refractivity contribution in [3.8, 4) is 17.1 Å². The number of H-pyrrole nitrogens is 1. The Bertz CT molecular complexity index is 496. The lowest BCUT2D eigenvalue weighted by Crippen LogP contribution is -1.88. The molecule has 2 rings (SSSR count). The van der Waals surface area contributed by atoms with Gasteiger partial charge in [-0.25, -0.2) is 4.98 Å². The van der Waals surface area contributed by atoms with Crippen molar-refractivity contribution in [2.75, 3.05) is 7.11 Å². The largest absolute Gasteiger partial charge is 0.496 e. The molecule has 0 aliphatic rings. The number of aromatic amines is 1. The summed E-state index contributed by atoms with van der Waals surface area (Å²) in [6.45, 7) is 1.98. The first-order valence-corrected chi connectivity index (χ1v) is 5.40. The second kappa shape index (κ2) is 4.53. The fourth-order valence-electron chi connectivity index (χ4n) is 1.50. The molecule has 0 saturated carbocycles. The van der Waals surface area contributed by atoms with Crippen LogP contribution in [0, 0.1) is 6.92 Å². The van der Waals surface area contributed by atoms with E-state index in [-0.39, 0.29) is 0 Å². The first kappa shape index (κ1) is 11.0. The summed E-state index contributed by atoms with van der Waals surface area (Å²) < 4.78 is 5.19. The normalized spacial score (nSPS) is 10.4. The fourth-order valence-corrected chi connectivity index (χ4v) is 1.62. The van der Waals surface area contributed by atoms with Gasteiger partial charge >= 0.3 is 0 Å². The molecule has 0 fully saturated rings.